The van der Waals surface area contributed by atoms with Gasteiger partial charge in [-0.2, -0.15) is 0 Å². The summed E-state index contributed by atoms with van der Waals surface area (Å²) >= 11 is 0. The van der Waals surface area contributed by atoms with Crippen molar-refractivity contribution in [1.29, 1.82) is 0 Å². The fraction of sp³-hybridized carbons (Fsp3) is 0.125. The Labute approximate surface area is 128 Å². The normalized spacial score (nSPS) is 12.5. The van der Waals surface area contributed by atoms with Gasteiger partial charge in [-0.1, -0.05) is 12.1 Å². The van der Waals surface area contributed by atoms with Crippen molar-refractivity contribution in [1.82, 2.24) is 9.55 Å². The maximum Gasteiger partial charge on any atom is 0.326 e. The molecule has 118 valence electrons. The Balaban J connectivity index is 2.39. The van der Waals surface area contributed by atoms with Crippen LogP contribution < -0.4 is 0 Å². The molecule has 4 nitrogen and oxygen atoms in total. The molecule has 1 heterocycles. The number of carbonyl (C=O) groups is 1. The monoisotopic (exact) mass is 320 g/mol. The summed E-state index contributed by atoms with van der Waals surface area (Å²) in [6.45, 7) is 1.36. The zero-order valence-electron chi connectivity index (χ0n) is 11.9. The lowest BCUT2D eigenvalue weighted by Crippen LogP contribution is -2.16. The predicted octanol–water partition coefficient (Wildman–Crippen LogP) is 3.77. The molecule has 0 fully saturated rings. The van der Waals surface area contributed by atoms with E-state index in [1.165, 1.54) is 29.7 Å². The second-order valence-corrected chi connectivity index (χ2v) is 5.05. The summed E-state index contributed by atoms with van der Waals surface area (Å²) in [5, 5.41) is 9.27. The minimum absolute atomic E-state index is 0.00185. The smallest absolute Gasteiger partial charge is 0.326 e. The number of carboxylic acid groups (broad SMARTS) is 1. The van der Waals surface area contributed by atoms with Crippen molar-refractivity contribution in [2.45, 2.75) is 13.0 Å². The Morgan fingerprint density at radius 2 is 1.78 bits per heavy atom. The van der Waals surface area contributed by atoms with E-state index in [1.807, 2.05) is 0 Å². The second kappa shape index (κ2) is 5.42. The summed E-state index contributed by atoms with van der Waals surface area (Å²) in [6, 6.07) is 6.25. The van der Waals surface area contributed by atoms with Crippen LogP contribution in [0.4, 0.5) is 13.2 Å². The van der Waals surface area contributed by atoms with Crippen molar-refractivity contribution >= 4 is 17.0 Å². The molecule has 1 N–H and O–H groups in total. The molecular weight excluding hydrogens is 309 g/mol. The first kappa shape index (κ1) is 15.1. The molecule has 0 spiro atoms. The van der Waals surface area contributed by atoms with Gasteiger partial charge in [-0.3, -0.25) is 0 Å². The minimum atomic E-state index is -1.20. The third-order valence-corrected chi connectivity index (χ3v) is 3.59. The van der Waals surface area contributed by atoms with Gasteiger partial charge in [0, 0.05) is 12.1 Å². The molecule has 1 aromatic heterocycles. The summed E-state index contributed by atoms with van der Waals surface area (Å²) in [6.07, 6.45) is 0. The molecule has 23 heavy (non-hydrogen) atoms. The van der Waals surface area contributed by atoms with Gasteiger partial charge in [0.1, 0.15) is 17.7 Å². The van der Waals surface area contributed by atoms with Crippen molar-refractivity contribution in [3.05, 3.63) is 53.8 Å². The van der Waals surface area contributed by atoms with Crippen molar-refractivity contribution in [3.8, 4) is 11.4 Å². The minimum Gasteiger partial charge on any atom is -0.480 e. The molecule has 0 saturated carbocycles. The average molecular weight is 320 g/mol. The molecule has 0 aliphatic heterocycles. The van der Waals surface area contributed by atoms with Gasteiger partial charge in [0.15, 0.2) is 11.6 Å². The molecule has 0 amide bonds. The van der Waals surface area contributed by atoms with Gasteiger partial charge in [0.2, 0.25) is 0 Å². The van der Waals surface area contributed by atoms with Crippen LogP contribution in [0.3, 0.4) is 0 Å². The molecule has 0 bridgehead atoms. The predicted molar refractivity (Wildman–Crippen MR) is 77.4 cm³/mol. The van der Waals surface area contributed by atoms with Gasteiger partial charge < -0.3 is 9.67 Å². The maximum absolute atomic E-state index is 14.1. The molecule has 1 unspecified atom stereocenters. The number of halogens is 3. The van der Waals surface area contributed by atoms with Crippen LogP contribution in [0.25, 0.3) is 22.4 Å². The number of benzene rings is 2. The standard InChI is InChI=1S/C16H11F3N2O2/c1-8(16(22)23)21-14-7-12(19)11(18)6-13(14)20-15(21)9-4-2-3-5-10(9)17/h2-8H,1H3,(H,22,23). The fourth-order valence-electron chi connectivity index (χ4n) is 2.43. The molecular formula is C16H11F3N2O2. The first-order valence-corrected chi connectivity index (χ1v) is 6.75. The van der Waals surface area contributed by atoms with Crippen LogP contribution in [-0.4, -0.2) is 20.6 Å². The Kier molecular flexibility index (Phi) is 3.55. The van der Waals surface area contributed by atoms with Gasteiger partial charge in [0.25, 0.3) is 0 Å². The molecule has 0 aliphatic carbocycles. The van der Waals surface area contributed by atoms with Crippen LogP contribution in [0.5, 0.6) is 0 Å². The Morgan fingerprint density at radius 1 is 1.13 bits per heavy atom. The zero-order chi connectivity index (χ0) is 16.7. The number of hydrogen-bond acceptors (Lipinski definition) is 2. The van der Waals surface area contributed by atoms with Crippen LogP contribution >= 0.6 is 0 Å². The lowest BCUT2D eigenvalue weighted by atomic mass is 10.2. The van der Waals surface area contributed by atoms with Gasteiger partial charge in [0.05, 0.1) is 16.6 Å². The number of hydrogen-bond donors (Lipinski definition) is 1. The van der Waals surface area contributed by atoms with E-state index < -0.39 is 29.5 Å². The van der Waals surface area contributed by atoms with Gasteiger partial charge in [-0.25, -0.2) is 22.9 Å². The summed E-state index contributed by atoms with van der Waals surface area (Å²) in [4.78, 5) is 15.5. The van der Waals surface area contributed by atoms with E-state index in [-0.39, 0.29) is 22.4 Å². The van der Waals surface area contributed by atoms with Crippen LogP contribution in [-0.2, 0) is 4.79 Å². The molecule has 0 saturated heterocycles. The van der Waals surface area contributed by atoms with E-state index in [2.05, 4.69) is 4.98 Å². The fourth-order valence-corrected chi connectivity index (χ4v) is 2.43. The molecule has 3 rings (SSSR count). The number of nitrogens with zero attached hydrogens (tertiary/aromatic N) is 2. The third-order valence-electron chi connectivity index (χ3n) is 3.59. The second-order valence-electron chi connectivity index (χ2n) is 5.05. The summed E-state index contributed by atoms with van der Waals surface area (Å²) < 4.78 is 42.2. The average Bonchev–Trinajstić information content (AvgIpc) is 2.85. The lowest BCUT2D eigenvalue weighted by Gasteiger charge is -2.14. The molecule has 0 aliphatic rings. The number of imidazole rings is 1. The van der Waals surface area contributed by atoms with Crippen molar-refractivity contribution in [2.75, 3.05) is 0 Å². The topological polar surface area (TPSA) is 55.1 Å². The first-order chi connectivity index (χ1) is 10.9. The highest BCUT2D eigenvalue weighted by molar-refractivity contribution is 5.84. The first-order valence-electron chi connectivity index (χ1n) is 6.75. The lowest BCUT2D eigenvalue weighted by molar-refractivity contribution is -0.140. The summed E-state index contributed by atoms with van der Waals surface area (Å²) in [5.41, 5.74) is 0.185. The van der Waals surface area contributed by atoms with Gasteiger partial charge >= 0.3 is 5.97 Å². The highest BCUT2D eigenvalue weighted by Crippen LogP contribution is 2.31. The largest absolute Gasteiger partial charge is 0.480 e. The SMILES string of the molecule is CC(C(=O)O)n1c(-c2ccccc2F)nc2cc(F)c(F)cc21. The highest BCUT2D eigenvalue weighted by atomic mass is 19.2. The molecule has 1 atom stereocenters. The van der Waals surface area contributed by atoms with Crippen LogP contribution in [0.2, 0.25) is 0 Å². The molecule has 2 aromatic carbocycles. The highest BCUT2D eigenvalue weighted by Gasteiger charge is 2.24. The maximum atomic E-state index is 14.1. The van der Waals surface area contributed by atoms with E-state index in [9.17, 15) is 23.1 Å². The van der Waals surface area contributed by atoms with Crippen molar-refractivity contribution in [3.63, 3.8) is 0 Å². The van der Waals surface area contributed by atoms with Crippen LogP contribution in [0.15, 0.2) is 36.4 Å². The number of carboxylic acids is 1. The van der Waals surface area contributed by atoms with Crippen molar-refractivity contribution < 1.29 is 23.1 Å². The van der Waals surface area contributed by atoms with Crippen LogP contribution in [0, 0.1) is 17.5 Å². The number of aromatic nitrogens is 2. The van der Waals surface area contributed by atoms with Crippen molar-refractivity contribution in [2.24, 2.45) is 0 Å². The Morgan fingerprint density at radius 3 is 2.43 bits per heavy atom. The Bertz CT molecular complexity index is 921. The Hall–Kier alpha value is -2.83. The van der Waals surface area contributed by atoms with E-state index in [0.717, 1.165) is 12.1 Å². The van der Waals surface area contributed by atoms with E-state index in [1.54, 1.807) is 6.07 Å². The van der Waals surface area contributed by atoms with Gasteiger partial charge in [-0.15, -0.1) is 0 Å². The summed E-state index contributed by atoms with van der Waals surface area (Å²) in [5.74, 6) is -4.05. The quantitative estimate of drug-likeness (QED) is 0.799. The van der Waals surface area contributed by atoms with E-state index in [4.69, 9.17) is 0 Å². The molecule has 3 aromatic rings. The number of rotatable bonds is 3. The number of aliphatic carboxylic acids is 1. The number of fused-ring (bicyclic) bond motifs is 1. The van der Waals surface area contributed by atoms with Crippen LogP contribution in [0.1, 0.15) is 13.0 Å². The van der Waals surface area contributed by atoms with E-state index in [0.29, 0.717) is 0 Å². The van der Waals surface area contributed by atoms with Gasteiger partial charge in [-0.05, 0) is 19.1 Å². The molecule has 0 radical (unpaired) electrons. The third kappa shape index (κ3) is 2.44. The zero-order valence-corrected chi connectivity index (χ0v) is 11.9. The summed E-state index contributed by atoms with van der Waals surface area (Å²) in [7, 11) is 0. The molecule has 7 heteroatoms. The van der Waals surface area contributed by atoms with E-state index >= 15 is 0 Å².